The standard InChI is InChI=1S/C13H22N4O/c1-9(2)17-6-4-11(8-17)13-15-12(16-18-13)10-3-5-14-7-10/h9-11,14H,3-8H2,1-2H3. The molecule has 0 amide bonds. The number of nitrogens with zero attached hydrogens (tertiary/aromatic N) is 3. The van der Waals surface area contributed by atoms with E-state index in [1.54, 1.807) is 0 Å². The van der Waals surface area contributed by atoms with Gasteiger partial charge in [-0.1, -0.05) is 5.16 Å². The highest BCUT2D eigenvalue weighted by atomic mass is 16.5. The third kappa shape index (κ3) is 2.29. The van der Waals surface area contributed by atoms with Gasteiger partial charge in [-0.15, -0.1) is 0 Å². The van der Waals surface area contributed by atoms with E-state index in [1.165, 1.54) is 0 Å². The predicted octanol–water partition coefficient (Wildman–Crippen LogP) is 1.34. The van der Waals surface area contributed by atoms with Crippen LogP contribution in [-0.2, 0) is 0 Å². The van der Waals surface area contributed by atoms with Crippen LogP contribution in [0.5, 0.6) is 0 Å². The summed E-state index contributed by atoms with van der Waals surface area (Å²) in [6.07, 6.45) is 2.27. The zero-order valence-corrected chi connectivity index (χ0v) is 11.2. The van der Waals surface area contributed by atoms with Crippen LogP contribution in [0.3, 0.4) is 0 Å². The molecular formula is C13H22N4O. The molecule has 5 heteroatoms. The lowest BCUT2D eigenvalue weighted by Gasteiger charge is -2.19. The largest absolute Gasteiger partial charge is 0.339 e. The highest BCUT2D eigenvalue weighted by molar-refractivity contribution is 5.04. The number of hydrogen-bond acceptors (Lipinski definition) is 5. The lowest BCUT2D eigenvalue weighted by molar-refractivity contribution is 0.265. The Kier molecular flexibility index (Phi) is 3.35. The molecule has 18 heavy (non-hydrogen) atoms. The van der Waals surface area contributed by atoms with Gasteiger partial charge in [0.05, 0.1) is 5.92 Å². The van der Waals surface area contributed by atoms with Crippen LogP contribution in [0.1, 0.15) is 50.2 Å². The fourth-order valence-corrected chi connectivity index (χ4v) is 2.91. The molecule has 0 saturated carbocycles. The molecule has 2 atom stereocenters. The van der Waals surface area contributed by atoms with Crippen molar-refractivity contribution in [3.8, 4) is 0 Å². The van der Waals surface area contributed by atoms with Crippen LogP contribution in [-0.4, -0.2) is 47.3 Å². The van der Waals surface area contributed by atoms with Crippen molar-refractivity contribution in [1.29, 1.82) is 0 Å². The van der Waals surface area contributed by atoms with Gasteiger partial charge in [0.25, 0.3) is 0 Å². The molecule has 1 aromatic heterocycles. The fraction of sp³-hybridized carbons (Fsp3) is 0.846. The van der Waals surface area contributed by atoms with Crippen molar-refractivity contribution in [2.75, 3.05) is 26.2 Å². The summed E-state index contributed by atoms with van der Waals surface area (Å²) in [6.45, 7) is 8.74. The summed E-state index contributed by atoms with van der Waals surface area (Å²) in [6, 6.07) is 0.608. The molecule has 1 aromatic rings. The van der Waals surface area contributed by atoms with Crippen LogP contribution in [0.15, 0.2) is 4.52 Å². The maximum atomic E-state index is 5.47. The molecule has 100 valence electrons. The smallest absolute Gasteiger partial charge is 0.231 e. The van der Waals surface area contributed by atoms with Gasteiger partial charge in [0.15, 0.2) is 5.82 Å². The van der Waals surface area contributed by atoms with Crippen LogP contribution < -0.4 is 5.32 Å². The van der Waals surface area contributed by atoms with E-state index in [-0.39, 0.29) is 0 Å². The average Bonchev–Trinajstić information content (AvgIpc) is 3.10. The minimum absolute atomic E-state index is 0.433. The molecule has 0 bridgehead atoms. The van der Waals surface area contributed by atoms with Gasteiger partial charge in [0.2, 0.25) is 5.89 Å². The maximum absolute atomic E-state index is 5.47. The molecule has 0 radical (unpaired) electrons. The first-order valence-corrected chi connectivity index (χ1v) is 7.02. The van der Waals surface area contributed by atoms with Gasteiger partial charge in [0.1, 0.15) is 0 Å². The molecule has 2 saturated heterocycles. The van der Waals surface area contributed by atoms with Gasteiger partial charge < -0.3 is 14.7 Å². The topological polar surface area (TPSA) is 54.2 Å². The van der Waals surface area contributed by atoms with Crippen LogP contribution in [0.25, 0.3) is 0 Å². The summed E-state index contributed by atoms with van der Waals surface area (Å²) in [5.74, 6) is 2.63. The molecule has 2 unspecified atom stereocenters. The predicted molar refractivity (Wildman–Crippen MR) is 68.6 cm³/mol. The van der Waals surface area contributed by atoms with Gasteiger partial charge in [-0.3, -0.25) is 0 Å². The zero-order valence-electron chi connectivity index (χ0n) is 11.2. The molecule has 3 heterocycles. The number of nitrogens with one attached hydrogen (secondary N) is 1. The second kappa shape index (κ2) is 4.97. The van der Waals surface area contributed by atoms with Crippen molar-refractivity contribution in [3.05, 3.63) is 11.7 Å². The van der Waals surface area contributed by atoms with Gasteiger partial charge in [-0.2, -0.15) is 4.98 Å². The Morgan fingerprint density at radius 3 is 2.89 bits per heavy atom. The van der Waals surface area contributed by atoms with Crippen LogP contribution in [0, 0.1) is 0 Å². The van der Waals surface area contributed by atoms with Gasteiger partial charge in [0, 0.05) is 25.0 Å². The SMILES string of the molecule is CC(C)N1CCC(c2nc(C3CCNC3)no2)C1. The Balaban J connectivity index is 1.66. The van der Waals surface area contributed by atoms with Crippen molar-refractivity contribution in [1.82, 2.24) is 20.4 Å². The number of rotatable bonds is 3. The third-order valence-electron chi connectivity index (χ3n) is 4.18. The van der Waals surface area contributed by atoms with Crippen molar-refractivity contribution >= 4 is 0 Å². The highest BCUT2D eigenvalue weighted by Crippen LogP contribution is 2.28. The van der Waals surface area contributed by atoms with E-state index in [2.05, 4.69) is 34.2 Å². The fourth-order valence-electron chi connectivity index (χ4n) is 2.91. The Bertz CT molecular complexity index is 397. The summed E-state index contributed by atoms with van der Waals surface area (Å²) < 4.78 is 5.47. The van der Waals surface area contributed by atoms with Gasteiger partial charge >= 0.3 is 0 Å². The Labute approximate surface area is 108 Å². The van der Waals surface area contributed by atoms with Crippen molar-refractivity contribution in [2.24, 2.45) is 0 Å². The number of aromatic nitrogens is 2. The quantitative estimate of drug-likeness (QED) is 0.877. The molecule has 0 aromatic carbocycles. The summed E-state index contributed by atoms with van der Waals surface area (Å²) in [7, 11) is 0. The monoisotopic (exact) mass is 250 g/mol. The summed E-state index contributed by atoms with van der Waals surface area (Å²) in [5, 5.41) is 7.51. The first-order chi connectivity index (χ1) is 8.74. The highest BCUT2D eigenvalue weighted by Gasteiger charge is 2.31. The summed E-state index contributed by atoms with van der Waals surface area (Å²) >= 11 is 0. The first-order valence-electron chi connectivity index (χ1n) is 7.02. The summed E-state index contributed by atoms with van der Waals surface area (Å²) in [4.78, 5) is 7.10. The van der Waals surface area contributed by atoms with E-state index in [9.17, 15) is 0 Å². The molecule has 5 nitrogen and oxygen atoms in total. The molecule has 1 N–H and O–H groups in total. The lowest BCUT2D eigenvalue weighted by atomic mass is 10.1. The minimum atomic E-state index is 0.433. The Hall–Kier alpha value is -0.940. The number of likely N-dealkylation sites (tertiary alicyclic amines) is 1. The van der Waals surface area contributed by atoms with E-state index in [0.29, 0.717) is 17.9 Å². The van der Waals surface area contributed by atoms with E-state index >= 15 is 0 Å². The molecule has 0 spiro atoms. The van der Waals surface area contributed by atoms with E-state index in [0.717, 1.165) is 50.7 Å². The minimum Gasteiger partial charge on any atom is -0.339 e. The average molecular weight is 250 g/mol. The van der Waals surface area contributed by atoms with E-state index < -0.39 is 0 Å². The zero-order chi connectivity index (χ0) is 12.5. The van der Waals surface area contributed by atoms with Crippen molar-refractivity contribution in [3.63, 3.8) is 0 Å². The first kappa shape index (κ1) is 12.1. The van der Waals surface area contributed by atoms with Gasteiger partial charge in [-0.05, 0) is 39.8 Å². The molecule has 2 aliphatic rings. The summed E-state index contributed by atoms with van der Waals surface area (Å²) in [5.41, 5.74) is 0. The second-order valence-corrected chi connectivity index (χ2v) is 5.75. The van der Waals surface area contributed by atoms with Gasteiger partial charge in [-0.25, -0.2) is 0 Å². The maximum Gasteiger partial charge on any atom is 0.231 e. The van der Waals surface area contributed by atoms with E-state index in [4.69, 9.17) is 4.52 Å². The molecule has 3 rings (SSSR count). The van der Waals surface area contributed by atoms with Crippen LogP contribution in [0.4, 0.5) is 0 Å². The second-order valence-electron chi connectivity index (χ2n) is 5.75. The lowest BCUT2D eigenvalue weighted by Crippen LogP contribution is -2.27. The van der Waals surface area contributed by atoms with Crippen molar-refractivity contribution < 1.29 is 4.52 Å². The Morgan fingerprint density at radius 2 is 2.22 bits per heavy atom. The van der Waals surface area contributed by atoms with E-state index in [1.807, 2.05) is 0 Å². The van der Waals surface area contributed by atoms with Crippen LogP contribution in [0.2, 0.25) is 0 Å². The molecule has 2 aliphatic heterocycles. The molecule has 2 fully saturated rings. The third-order valence-corrected chi connectivity index (χ3v) is 4.18. The molecular weight excluding hydrogens is 228 g/mol. The number of hydrogen-bond donors (Lipinski definition) is 1. The van der Waals surface area contributed by atoms with Crippen LogP contribution >= 0.6 is 0 Å². The molecule has 0 aliphatic carbocycles. The Morgan fingerprint density at radius 1 is 1.33 bits per heavy atom. The van der Waals surface area contributed by atoms with Crippen molar-refractivity contribution in [2.45, 2.75) is 44.6 Å². The normalized spacial score (nSPS) is 29.5.